The van der Waals surface area contributed by atoms with Crippen molar-refractivity contribution >= 4 is 5.91 Å². The summed E-state index contributed by atoms with van der Waals surface area (Å²) in [7, 11) is 0. The molecule has 2 unspecified atom stereocenters. The van der Waals surface area contributed by atoms with E-state index in [1.807, 2.05) is 6.92 Å². The summed E-state index contributed by atoms with van der Waals surface area (Å²) < 4.78 is 13.5. The molecule has 3 nitrogen and oxygen atoms in total. The molecule has 1 aliphatic heterocycles. The molecular weight excluding hydrogens is 219 g/mol. The van der Waals surface area contributed by atoms with Gasteiger partial charge in [0.25, 0.3) is 5.91 Å². The van der Waals surface area contributed by atoms with Crippen LogP contribution in [0.1, 0.15) is 23.7 Å². The van der Waals surface area contributed by atoms with Crippen LogP contribution in [-0.4, -0.2) is 29.9 Å². The van der Waals surface area contributed by atoms with Crippen molar-refractivity contribution < 1.29 is 9.18 Å². The largest absolute Gasteiger partial charge is 0.338 e. The second-order valence-corrected chi connectivity index (χ2v) is 4.64. The lowest BCUT2D eigenvalue weighted by atomic mass is 10.0. The monoisotopic (exact) mass is 236 g/mol. The van der Waals surface area contributed by atoms with Gasteiger partial charge in [0.05, 0.1) is 5.56 Å². The standard InChI is InChI=1S/C13H17FN2O/c1-9(15)10-6-7-16(8-10)13(17)11-4-2-3-5-12(11)14/h2-5,9-10H,6-8,15H2,1H3. The Labute approximate surface area is 100 Å². The van der Waals surface area contributed by atoms with E-state index in [0.717, 1.165) is 6.42 Å². The molecule has 1 aromatic rings. The third kappa shape index (κ3) is 2.47. The van der Waals surface area contributed by atoms with Gasteiger partial charge in [-0.05, 0) is 31.4 Å². The van der Waals surface area contributed by atoms with Gasteiger partial charge < -0.3 is 10.6 Å². The maximum absolute atomic E-state index is 13.5. The molecule has 0 aromatic heterocycles. The summed E-state index contributed by atoms with van der Waals surface area (Å²) >= 11 is 0. The van der Waals surface area contributed by atoms with Crippen molar-refractivity contribution in [1.82, 2.24) is 4.90 Å². The molecule has 1 heterocycles. The van der Waals surface area contributed by atoms with Crippen LogP contribution >= 0.6 is 0 Å². The normalized spacial score (nSPS) is 21.6. The first-order valence-corrected chi connectivity index (χ1v) is 5.89. The Bertz CT molecular complexity index is 420. The summed E-state index contributed by atoms with van der Waals surface area (Å²) in [5.74, 6) is -0.362. The lowest BCUT2D eigenvalue weighted by Gasteiger charge is -2.18. The zero-order valence-corrected chi connectivity index (χ0v) is 9.90. The Morgan fingerprint density at radius 2 is 2.24 bits per heavy atom. The fourth-order valence-corrected chi connectivity index (χ4v) is 2.21. The zero-order chi connectivity index (χ0) is 12.4. The van der Waals surface area contributed by atoms with Crippen molar-refractivity contribution in [3.63, 3.8) is 0 Å². The lowest BCUT2D eigenvalue weighted by Crippen LogP contribution is -2.33. The number of nitrogens with zero attached hydrogens (tertiary/aromatic N) is 1. The molecule has 92 valence electrons. The molecule has 4 heteroatoms. The number of carbonyl (C=O) groups is 1. The Kier molecular flexibility index (Phi) is 3.43. The van der Waals surface area contributed by atoms with Crippen LogP contribution in [0.2, 0.25) is 0 Å². The first-order chi connectivity index (χ1) is 8.09. The number of hydrogen-bond donors (Lipinski definition) is 1. The molecule has 17 heavy (non-hydrogen) atoms. The van der Waals surface area contributed by atoms with Gasteiger partial charge in [-0.1, -0.05) is 12.1 Å². The van der Waals surface area contributed by atoms with Crippen LogP contribution in [0, 0.1) is 11.7 Å². The molecule has 1 saturated heterocycles. The Morgan fingerprint density at radius 1 is 1.53 bits per heavy atom. The molecule has 2 rings (SSSR count). The molecule has 1 fully saturated rings. The van der Waals surface area contributed by atoms with E-state index in [-0.39, 0.29) is 17.5 Å². The number of nitrogens with two attached hydrogens (primary N) is 1. The molecular formula is C13H17FN2O. The van der Waals surface area contributed by atoms with E-state index < -0.39 is 5.82 Å². The van der Waals surface area contributed by atoms with E-state index in [4.69, 9.17) is 5.73 Å². The minimum Gasteiger partial charge on any atom is -0.338 e. The first-order valence-electron chi connectivity index (χ1n) is 5.89. The number of amides is 1. The van der Waals surface area contributed by atoms with Crippen molar-refractivity contribution in [1.29, 1.82) is 0 Å². The number of halogens is 1. The van der Waals surface area contributed by atoms with Crippen molar-refractivity contribution in [3.8, 4) is 0 Å². The lowest BCUT2D eigenvalue weighted by molar-refractivity contribution is 0.0781. The third-order valence-corrected chi connectivity index (χ3v) is 3.36. The van der Waals surface area contributed by atoms with Crippen LogP contribution in [0.25, 0.3) is 0 Å². The van der Waals surface area contributed by atoms with Crippen molar-refractivity contribution in [2.24, 2.45) is 11.7 Å². The second kappa shape index (κ2) is 4.84. The quantitative estimate of drug-likeness (QED) is 0.848. The van der Waals surface area contributed by atoms with Gasteiger partial charge in [0.15, 0.2) is 0 Å². The van der Waals surface area contributed by atoms with Gasteiger partial charge in [-0.15, -0.1) is 0 Å². The van der Waals surface area contributed by atoms with Gasteiger partial charge in [0.1, 0.15) is 5.82 Å². The van der Waals surface area contributed by atoms with Gasteiger partial charge in [0.2, 0.25) is 0 Å². The molecule has 2 atom stereocenters. The minimum atomic E-state index is -0.457. The highest BCUT2D eigenvalue weighted by Gasteiger charge is 2.29. The van der Waals surface area contributed by atoms with Gasteiger partial charge in [-0.2, -0.15) is 0 Å². The average Bonchev–Trinajstić information content (AvgIpc) is 2.78. The number of benzene rings is 1. The van der Waals surface area contributed by atoms with Gasteiger partial charge >= 0.3 is 0 Å². The Balaban J connectivity index is 2.10. The SMILES string of the molecule is CC(N)C1CCN(C(=O)c2ccccc2F)C1. The summed E-state index contributed by atoms with van der Waals surface area (Å²) in [5.41, 5.74) is 5.97. The number of likely N-dealkylation sites (tertiary alicyclic amines) is 1. The predicted molar refractivity (Wildman–Crippen MR) is 64.1 cm³/mol. The summed E-state index contributed by atoms with van der Waals surface area (Å²) in [6, 6.07) is 6.17. The molecule has 2 N–H and O–H groups in total. The smallest absolute Gasteiger partial charge is 0.256 e. The van der Waals surface area contributed by atoms with Gasteiger partial charge in [-0.25, -0.2) is 4.39 Å². The fourth-order valence-electron chi connectivity index (χ4n) is 2.21. The molecule has 1 aliphatic rings. The van der Waals surface area contributed by atoms with Crippen molar-refractivity contribution in [2.45, 2.75) is 19.4 Å². The molecule has 0 aliphatic carbocycles. The van der Waals surface area contributed by atoms with Crippen molar-refractivity contribution in [2.75, 3.05) is 13.1 Å². The molecule has 1 amide bonds. The Hall–Kier alpha value is -1.42. The second-order valence-electron chi connectivity index (χ2n) is 4.64. The minimum absolute atomic E-state index is 0.0772. The van der Waals surface area contributed by atoms with E-state index in [1.165, 1.54) is 12.1 Å². The van der Waals surface area contributed by atoms with Crippen LogP contribution in [0.3, 0.4) is 0 Å². The highest BCUT2D eigenvalue weighted by molar-refractivity contribution is 5.94. The molecule has 0 bridgehead atoms. The topological polar surface area (TPSA) is 46.3 Å². The summed E-state index contributed by atoms with van der Waals surface area (Å²) in [5, 5.41) is 0. The summed E-state index contributed by atoms with van der Waals surface area (Å²) in [6.07, 6.45) is 0.901. The van der Waals surface area contributed by atoms with Crippen LogP contribution in [-0.2, 0) is 0 Å². The first kappa shape index (κ1) is 12.0. The van der Waals surface area contributed by atoms with Gasteiger partial charge in [-0.3, -0.25) is 4.79 Å². The maximum atomic E-state index is 13.5. The van der Waals surface area contributed by atoms with E-state index in [1.54, 1.807) is 17.0 Å². The van der Waals surface area contributed by atoms with E-state index >= 15 is 0 Å². The highest BCUT2D eigenvalue weighted by Crippen LogP contribution is 2.21. The van der Waals surface area contributed by atoms with Gasteiger partial charge in [0, 0.05) is 19.1 Å². The van der Waals surface area contributed by atoms with Crippen LogP contribution < -0.4 is 5.73 Å². The highest BCUT2D eigenvalue weighted by atomic mass is 19.1. The average molecular weight is 236 g/mol. The Morgan fingerprint density at radius 3 is 2.82 bits per heavy atom. The van der Waals surface area contributed by atoms with Crippen LogP contribution in [0.4, 0.5) is 4.39 Å². The predicted octanol–water partition coefficient (Wildman–Crippen LogP) is 1.64. The number of rotatable bonds is 2. The van der Waals surface area contributed by atoms with Crippen LogP contribution in [0.5, 0.6) is 0 Å². The molecule has 0 saturated carbocycles. The van der Waals surface area contributed by atoms with Crippen molar-refractivity contribution in [3.05, 3.63) is 35.6 Å². The molecule has 0 radical (unpaired) electrons. The number of carbonyl (C=O) groups excluding carboxylic acids is 1. The van der Waals surface area contributed by atoms with E-state index in [2.05, 4.69) is 0 Å². The molecule has 1 aromatic carbocycles. The fraction of sp³-hybridized carbons (Fsp3) is 0.462. The summed E-state index contributed by atoms with van der Waals surface area (Å²) in [4.78, 5) is 13.8. The van der Waals surface area contributed by atoms with E-state index in [0.29, 0.717) is 19.0 Å². The maximum Gasteiger partial charge on any atom is 0.256 e. The van der Waals surface area contributed by atoms with Crippen LogP contribution in [0.15, 0.2) is 24.3 Å². The number of hydrogen-bond acceptors (Lipinski definition) is 2. The van der Waals surface area contributed by atoms with E-state index in [9.17, 15) is 9.18 Å². The molecule has 0 spiro atoms. The summed E-state index contributed by atoms with van der Waals surface area (Å²) in [6.45, 7) is 3.24. The third-order valence-electron chi connectivity index (χ3n) is 3.36. The zero-order valence-electron chi connectivity index (χ0n) is 9.90.